The molecular weight excluding hydrogens is 250 g/mol. The smallest absolute Gasteiger partial charge is 0.224 e. The number of carbonyl (C=O) groups is 1. The Morgan fingerprint density at radius 1 is 1.32 bits per heavy atom. The summed E-state index contributed by atoms with van der Waals surface area (Å²) in [4.78, 5) is 13.3. The van der Waals surface area contributed by atoms with Crippen LogP contribution in [-0.4, -0.2) is 30.9 Å². The summed E-state index contributed by atoms with van der Waals surface area (Å²) in [6.07, 6.45) is 2.20. The van der Waals surface area contributed by atoms with Gasteiger partial charge in [0.1, 0.15) is 17.3 Å². The molecule has 0 unspecified atom stereocenters. The average Bonchev–Trinajstić information content (AvgIpc) is 2.39. The van der Waals surface area contributed by atoms with Crippen molar-refractivity contribution in [1.29, 1.82) is 0 Å². The van der Waals surface area contributed by atoms with Crippen LogP contribution in [0.2, 0.25) is 0 Å². The Morgan fingerprint density at radius 3 is 2.53 bits per heavy atom. The lowest BCUT2D eigenvalue weighted by atomic mass is 10.2. The maximum Gasteiger partial charge on any atom is 0.224 e. The lowest BCUT2D eigenvalue weighted by Crippen LogP contribution is -2.29. The van der Waals surface area contributed by atoms with Crippen LogP contribution in [0, 0.1) is 11.6 Å². The normalized spacial score (nSPS) is 10.3. The van der Waals surface area contributed by atoms with Crippen LogP contribution in [-0.2, 0) is 4.79 Å². The molecule has 1 amide bonds. The van der Waals surface area contributed by atoms with E-state index < -0.39 is 11.6 Å². The SMILES string of the molecule is CCCCN(C)C(=O)CCNc1c(F)cccc1F. The van der Waals surface area contributed by atoms with Crippen molar-refractivity contribution in [3.05, 3.63) is 29.8 Å². The number of nitrogens with zero attached hydrogens (tertiary/aromatic N) is 1. The number of hydrogen-bond acceptors (Lipinski definition) is 2. The number of amides is 1. The molecule has 0 saturated carbocycles. The van der Waals surface area contributed by atoms with Crippen molar-refractivity contribution in [2.75, 3.05) is 25.5 Å². The van der Waals surface area contributed by atoms with Gasteiger partial charge in [0, 0.05) is 26.6 Å². The summed E-state index contributed by atoms with van der Waals surface area (Å²) in [5, 5.41) is 2.63. The molecule has 3 nitrogen and oxygen atoms in total. The Hall–Kier alpha value is -1.65. The molecule has 0 aliphatic carbocycles. The summed E-state index contributed by atoms with van der Waals surface area (Å²) in [7, 11) is 1.74. The van der Waals surface area contributed by atoms with E-state index in [1.165, 1.54) is 18.2 Å². The third kappa shape index (κ3) is 4.85. The van der Waals surface area contributed by atoms with Gasteiger partial charge in [0.2, 0.25) is 5.91 Å². The van der Waals surface area contributed by atoms with Crippen LogP contribution in [0.15, 0.2) is 18.2 Å². The van der Waals surface area contributed by atoms with Crippen LogP contribution in [0.1, 0.15) is 26.2 Å². The second-order valence-electron chi connectivity index (χ2n) is 4.44. The number of unbranched alkanes of at least 4 members (excludes halogenated alkanes) is 1. The van der Waals surface area contributed by atoms with E-state index in [1.54, 1.807) is 11.9 Å². The fourth-order valence-corrected chi connectivity index (χ4v) is 1.67. The molecule has 0 fully saturated rings. The number of anilines is 1. The van der Waals surface area contributed by atoms with Crippen molar-refractivity contribution >= 4 is 11.6 Å². The summed E-state index contributed by atoms with van der Waals surface area (Å²) in [6, 6.07) is 3.67. The summed E-state index contributed by atoms with van der Waals surface area (Å²) in [5.41, 5.74) is -0.175. The van der Waals surface area contributed by atoms with E-state index in [1.807, 2.05) is 0 Å². The molecule has 1 rings (SSSR count). The van der Waals surface area contributed by atoms with E-state index in [0.29, 0.717) is 6.54 Å². The Kier molecular flexibility index (Phi) is 6.25. The maximum absolute atomic E-state index is 13.3. The highest BCUT2D eigenvalue weighted by atomic mass is 19.1. The second kappa shape index (κ2) is 7.71. The number of nitrogens with one attached hydrogen (secondary N) is 1. The number of rotatable bonds is 7. The highest BCUT2D eigenvalue weighted by Gasteiger charge is 2.10. The number of carbonyl (C=O) groups excluding carboxylic acids is 1. The van der Waals surface area contributed by atoms with E-state index in [4.69, 9.17) is 0 Å². The summed E-state index contributed by atoms with van der Waals surface area (Å²) >= 11 is 0. The Morgan fingerprint density at radius 2 is 1.95 bits per heavy atom. The van der Waals surface area contributed by atoms with Crippen molar-refractivity contribution in [3.63, 3.8) is 0 Å². The first-order valence-corrected chi connectivity index (χ1v) is 6.48. The van der Waals surface area contributed by atoms with Gasteiger partial charge in [0.25, 0.3) is 0 Å². The van der Waals surface area contributed by atoms with Crippen molar-refractivity contribution in [1.82, 2.24) is 4.90 Å². The number of para-hydroxylation sites is 1. The molecule has 0 spiro atoms. The van der Waals surface area contributed by atoms with Gasteiger partial charge in [-0.25, -0.2) is 8.78 Å². The molecule has 1 aromatic rings. The quantitative estimate of drug-likeness (QED) is 0.826. The van der Waals surface area contributed by atoms with Gasteiger partial charge in [-0.2, -0.15) is 0 Å². The Balaban J connectivity index is 2.40. The number of hydrogen-bond donors (Lipinski definition) is 1. The molecule has 5 heteroatoms. The minimum atomic E-state index is -0.646. The van der Waals surface area contributed by atoms with Gasteiger partial charge in [-0.3, -0.25) is 4.79 Å². The molecule has 0 heterocycles. The first-order valence-electron chi connectivity index (χ1n) is 6.48. The summed E-state index contributed by atoms with van der Waals surface area (Å²) < 4.78 is 26.6. The van der Waals surface area contributed by atoms with Gasteiger partial charge < -0.3 is 10.2 Å². The van der Waals surface area contributed by atoms with Crippen LogP contribution in [0.25, 0.3) is 0 Å². The van der Waals surface area contributed by atoms with Crippen molar-refractivity contribution in [2.45, 2.75) is 26.2 Å². The van der Waals surface area contributed by atoms with Crippen molar-refractivity contribution in [3.8, 4) is 0 Å². The standard InChI is InChI=1S/C14H20F2N2O/c1-3-4-10-18(2)13(19)8-9-17-14-11(15)6-5-7-12(14)16/h5-7,17H,3-4,8-10H2,1-2H3. The number of benzene rings is 1. The third-order valence-electron chi connectivity index (χ3n) is 2.88. The zero-order valence-corrected chi connectivity index (χ0v) is 11.4. The van der Waals surface area contributed by atoms with Gasteiger partial charge in [-0.15, -0.1) is 0 Å². The molecule has 0 aliphatic rings. The minimum Gasteiger partial charge on any atom is -0.380 e. The molecule has 0 aliphatic heterocycles. The van der Waals surface area contributed by atoms with Gasteiger partial charge >= 0.3 is 0 Å². The number of halogens is 2. The summed E-state index contributed by atoms with van der Waals surface area (Å²) in [5.74, 6) is -1.32. The summed E-state index contributed by atoms with van der Waals surface area (Å²) in [6.45, 7) is 2.98. The van der Waals surface area contributed by atoms with Crippen LogP contribution in [0.4, 0.5) is 14.5 Å². The van der Waals surface area contributed by atoms with E-state index >= 15 is 0 Å². The highest BCUT2D eigenvalue weighted by molar-refractivity contribution is 5.76. The van der Waals surface area contributed by atoms with Crippen molar-refractivity contribution in [2.24, 2.45) is 0 Å². The van der Waals surface area contributed by atoms with E-state index in [9.17, 15) is 13.6 Å². The predicted molar refractivity (Wildman–Crippen MR) is 72.0 cm³/mol. The lowest BCUT2D eigenvalue weighted by molar-refractivity contribution is -0.129. The molecule has 0 atom stereocenters. The highest BCUT2D eigenvalue weighted by Crippen LogP contribution is 2.17. The zero-order valence-electron chi connectivity index (χ0n) is 11.4. The largest absolute Gasteiger partial charge is 0.380 e. The molecule has 1 N–H and O–H groups in total. The average molecular weight is 270 g/mol. The van der Waals surface area contributed by atoms with Crippen LogP contribution >= 0.6 is 0 Å². The topological polar surface area (TPSA) is 32.3 Å². The van der Waals surface area contributed by atoms with Gasteiger partial charge in [0.15, 0.2) is 0 Å². The first-order chi connectivity index (χ1) is 9.06. The molecule has 0 saturated heterocycles. The predicted octanol–water partition coefficient (Wildman–Crippen LogP) is 3.03. The van der Waals surface area contributed by atoms with Gasteiger partial charge in [-0.05, 0) is 18.6 Å². The second-order valence-corrected chi connectivity index (χ2v) is 4.44. The van der Waals surface area contributed by atoms with Crippen LogP contribution in [0.5, 0.6) is 0 Å². The molecule has 0 radical (unpaired) electrons. The lowest BCUT2D eigenvalue weighted by Gasteiger charge is -2.17. The van der Waals surface area contributed by atoms with E-state index in [-0.39, 0.29) is 24.6 Å². The first kappa shape index (κ1) is 15.4. The minimum absolute atomic E-state index is 0.0299. The third-order valence-corrected chi connectivity index (χ3v) is 2.88. The van der Waals surface area contributed by atoms with Crippen LogP contribution < -0.4 is 5.32 Å². The molecule has 106 valence electrons. The Bertz CT molecular complexity index is 404. The molecule has 19 heavy (non-hydrogen) atoms. The molecule has 0 aromatic heterocycles. The van der Waals surface area contributed by atoms with Gasteiger partial charge in [0.05, 0.1) is 0 Å². The fraction of sp³-hybridized carbons (Fsp3) is 0.500. The maximum atomic E-state index is 13.3. The molecule has 1 aromatic carbocycles. The molecular formula is C14H20F2N2O. The molecule has 0 bridgehead atoms. The Labute approximate surface area is 112 Å². The van der Waals surface area contributed by atoms with Gasteiger partial charge in [-0.1, -0.05) is 19.4 Å². The van der Waals surface area contributed by atoms with E-state index in [0.717, 1.165) is 12.8 Å². The zero-order chi connectivity index (χ0) is 14.3. The fourth-order valence-electron chi connectivity index (χ4n) is 1.67. The van der Waals surface area contributed by atoms with Crippen LogP contribution in [0.3, 0.4) is 0 Å². The van der Waals surface area contributed by atoms with E-state index in [2.05, 4.69) is 12.2 Å². The van der Waals surface area contributed by atoms with Crippen molar-refractivity contribution < 1.29 is 13.6 Å². The monoisotopic (exact) mass is 270 g/mol.